The SMILES string of the molecule is Cc1nc(C(=O)N(C)CCOc2ccc(F)cc2)nc(N2CC[C@@H](N)C2)c1C. The molecule has 28 heavy (non-hydrogen) atoms. The molecule has 0 aliphatic carbocycles. The Hall–Kier alpha value is -2.74. The predicted octanol–water partition coefficient (Wildman–Crippen LogP) is 1.92. The maximum atomic E-state index is 12.9. The van der Waals surface area contributed by atoms with Gasteiger partial charge in [-0.15, -0.1) is 0 Å². The van der Waals surface area contributed by atoms with E-state index in [4.69, 9.17) is 10.5 Å². The van der Waals surface area contributed by atoms with E-state index in [1.54, 1.807) is 19.2 Å². The lowest BCUT2D eigenvalue weighted by Crippen LogP contribution is -2.33. The lowest BCUT2D eigenvalue weighted by atomic mass is 10.2. The van der Waals surface area contributed by atoms with Crippen LogP contribution >= 0.6 is 0 Å². The van der Waals surface area contributed by atoms with Gasteiger partial charge in [-0.25, -0.2) is 14.4 Å². The first-order chi connectivity index (χ1) is 13.3. The van der Waals surface area contributed by atoms with Crippen LogP contribution in [0.25, 0.3) is 0 Å². The van der Waals surface area contributed by atoms with Gasteiger partial charge < -0.3 is 20.3 Å². The third-order valence-corrected chi connectivity index (χ3v) is 4.93. The Labute approximate surface area is 164 Å². The molecule has 0 spiro atoms. The van der Waals surface area contributed by atoms with Crippen molar-refractivity contribution in [2.45, 2.75) is 26.3 Å². The molecule has 2 N–H and O–H groups in total. The van der Waals surface area contributed by atoms with Gasteiger partial charge in [-0.1, -0.05) is 0 Å². The number of nitrogens with two attached hydrogens (primary N) is 1. The van der Waals surface area contributed by atoms with Crippen molar-refractivity contribution in [1.82, 2.24) is 14.9 Å². The molecule has 0 unspecified atom stereocenters. The van der Waals surface area contributed by atoms with E-state index in [-0.39, 0.29) is 30.2 Å². The van der Waals surface area contributed by atoms with E-state index < -0.39 is 0 Å². The Balaban J connectivity index is 1.65. The third kappa shape index (κ3) is 4.56. The van der Waals surface area contributed by atoms with Gasteiger partial charge in [0.25, 0.3) is 5.91 Å². The Morgan fingerprint density at radius 1 is 1.32 bits per heavy atom. The Bertz CT molecular complexity index is 843. The van der Waals surface area contributed by atoms with Crippen molar-refractivity contribution in [3.05, 3.63) is 47.2 Å². The zero-order chi connectivity index (χ0) is 20.3. The molecule has 8 heteroatoms. The maximum Gasteiger partial charge on any atom is 0.291 e. The summed E-state index contributed by atoms with van der Waals surface area (Å²) in [7, 11) is 1.68. The van der Waals surface area contributed by atoms with Gasteiger partial charge in [-0.2, -0.15) is 0 Å². The quantitative estimate of drug-likeness (QED) is 0.815. The topological polar surface area (TPSA) is 84.6 Å². The summed E-state index contributed by atoms with van der Waals surface area (Å²) in [4.78, 5) is 25.3. The van der Waals surface area contributed by atoms with Gasteiger partial charge in [0.15, 0.2) is 0 Å². The minimum atomic E-state index is -0.318. The minimum Gasteiger partial charge on any atom is -0.492 e. The number of halogens is 1. The molecule has 1 aromatic heterocycles. The molecule has 2 aromatic rings. The number of amides is 1. The highest BCUT2D eigenvalue weighted by molar-refractivity contribution is 5.90. The summed E-state index contributed by atoms with van der Waals surface area (Å²) >= 11 is 0. The van der Waals surface area contributed by atoms with Gasteiger partial charge in [-0.05, 0) is 44.5 Å². The van der Waals surface area contributed by atoms with Crippen LogP contribution in [0.1, 0.15) is 28.3 Å². The molecule has 7 nitrogen and oxygen atoms in total. The highest BCUT2D eigenvalue weighted by Gasteiger charge is 2.25. The number of hydrogen-bond donors (Lipinski definition) is 1. The molecular weight excluding hydrogens is 361 g/mol. The number of ether oxygens (including phenoxy) is 1. The van der Waals surface area contributed by atoms with E-state index >= 15 is 0 Å². The Kier molecular flexibility index (Phi) is 6.08. The zero-order valence-electron chi connectivity index (χ0n) is 16.5. The Morgan fingerprint density at radius 2 is 2.04 bits per heavy atom. The summed E-state index contributed by atoms with van der Waals surface area (Å²) in [5.74, 6) is 0.914. The lowest BCUT2D eigenvalue weighted by molar-refractivity contribution is 0.0761. The van der Waals surface area contributed by atoms with E-state index in [9.17, 15) is 9.18 Å². The molecule has 1 amide bonds. The van der Waals surface area contributed by atoms with Crippen LogP contribution in [0.2, 0.25) is 0 Å². The third-order valence-electron chi connectivity index (χ3n) is 4.93. The molecule has 1 aliphatic heterocycles. The number of rotatable bonds is 6. The van der Waals surface area contributed by atoms with Crippen LogP contribution in [0.3, 0.4) is 0 Å². The summed E-state index contributed by atoms with van der Waals surface area (Å²) in [6.07, 6.45) is 0.909. The van der Waals surface area contributed by atoms with E-state index in [0.717, 1.165) is 36.6 Å². The molecule has 1 aliphatic rings. The fourth-order valence-electron chi connectivity index (χ4n) is 3.10. The van der Waals surface area contributed by atoms with Crippen LogP contribution in [-0.4, -0.2) is 60.1 Å². The average molecular weight is 387 g/mol. The molecular formula is C20H26FN5O2. The highest BCUT2D eigenvalue weighted by Crippen LogP contribution is 2.23. The summed E-state index contributed by atoms with van der Waals surface area (Å²) in [5, 5.41) is 0. The monoisotopic (exact) mass is 387 g/mol. The number of hydrogen-bond acceptors (Lipinski definition) is 6. The molecule has 3 rings (SSSR count). The van der Waals surface area contributed by atoms with Crippen molar-refractivity contribution in [3.63, 3.8) is 0 Å². The molecule has 1 saturated heterocycles. The molecule has 1 atom stereocenters. The average Bonchev–Trinajstić information content (AvgIpc) is 3.10. The van der Waals surface area contributed by atoms with Gasteiger partial charge in [-0.3, -0.25) is 4.79 Å². The molecule has 0 saturated carbocycles. The maximum absolute atomic E-state index is 12.9. The standard InChI is InChI=1S/C20H26FN5O2/c1-13-14(2)23-18(24-19(13)26-9-8-16(22)12-26)20(27)25(3)10-11-28-17-6-4-15(21)5-7-17/h4-7,16H,8-12,22H2,1-3H3/t16-/m1/s1. The molecule has 150 valence electrons. The van der Waals surface area contributed by atoms with Crippen LogP contribution in [0.5, 0.6) is 5.75 Å². The molecule has 2 heterocycles. The number of nitrogens with zero attached hydrogens (tertiary/aromatic N) is 4. The van der Waals surface area contributed by atoms with Crippen molar-refractivity contribution in [2.24, 2.45) is 5.73 Å². The molecule has 1 aromatic carbocycles. The van der Waals surface area contributed by atoms with Crippen LogP contribution in [0.15, 0.2) is 24.3 Å². The first-order valence-electron chi connectivity index (χ1n) is 9.34. The predicted molar refractivity (Wildman–Crippen MR) is 105 cm³/mol. The van der Waals surface area contributed by atoms with Crippen molar-refractivity contribution < 1.29 is 13.9 Å². The van der Waals surface area contributed by atoms with Gasteiger partial charge in [0.05, 0.1) is 6.54 Å². The van der Waals surface area contributed by atoms with E-state index in [1.807, 2.05) is 13.8 Å². The second kappa shape index (κ2) is 8.52. The van der Waals surface area contributed by atoms with E-state index in [2.05, 4.69) is 14.9 Å². The summed E-state index contributed by atoms with van der Waals surface area (Å²) < 4.78 is 18.5. The molecule has 1 fully saturated rings. The van der Waals surface area contributed by atoms with Crippen molar-refractivity contribution in [3.8, 4) is 5.75 Å². The van der Waals surface area contributed by atoms with Crippen LogP contribution in [-0.2, 0) is 0 Å². The fourth-order valence-corrected chi connectivity index (χ4v) is 3.10. The van der Waals surface area contributed by atoms with Gasteiger partial charge in [0.2, 0.25) is 5.82 Å². The molecule has 0 bridgehead atoms. The number of aryl methyl sites for hydroxylation is 1. The smallest absolute Gasteiger partial charge is 0.291 e. The number of carbonyl (C=O) groups excluding carboxylic acids is 1. The summed E-state index contributed by atoms with van der Waals surface area (Å²) in [5.41, 5.74) is 7.76. The highest BCUT2D eigenvalue weighted by atomic mass is 19.1. The first-order valence-corrected chi connectivity index (χ1v) is 9.34. The van der Waals surface area contributed by atoms with Crippen molar-refractivity contribution in [2.75, 3.05) is 38.2 Å². The lowest BCUT2D eigenvalue weighted by Gasteiger charge is -2.22. The normalized spacial score (nSPS) is 16.3. The van der Waals surface area contributed by atoms with Gasteiger partial charge in [0, 0.05) is 37.4 Å². The number of benzene rings is 1. The van der Waals surface area contributed by atoms with Crippen molar-refractivity contribution in [1.29, 1.82) is 0 Å². The number of anilines is 1. The van der Waals surface area contributed by atoms with Gasteiger partial charge >= 0.3 is 0 Å². The second-order valence-corrected chi connectivity index (χ2v) is 7.11. The van der Waals surface area contributed by atoms with Crippen LogP contribution in [0.4, 0.5) is 10.2 Å². The Morgan fingerprint density at radius 3 is 2.68 bits per heavy atom. The minimum absolute atomic E-state index is 0.125. The number of likely N-dealkylation sites (N-methyl/N-ethyl adjacent to an activating group) is 1. The molecule has 0 radical (unpaired) electrons. The largest absolute Gasteiger partial charge is 0.492 e. The first kappa shape index (κ1) is 20.0. The fraction of sp³-hybridized carbons (Fsp3) is 0.450. The number of aromatic nitrogens is 2. The van der Waals surface area contributed by atoms with Crippen molar-refractivity contribution >= 4 is 11.7 Å². The van der Waals surface area contributed by atoms with Gasteiger partial charge in [0.1, 0.15) is 24.0 Å². The van der Waals surface area contributed by atoms with Crippen LogP contribution in [0, 0.1) is 19.7 Å². The second-order valence-electron chi connectivity index (χ2n) is 7.11. The summed E-state index contributed by atoms with van der Waals surface area (Å²) in [6.45, 7) is 6.04. The summed E-state index contributed by atoms with van der Waals surface area (Å²) in [6, 6.07) is 5.89. The van der Waals surface area contributed by atoms with E-state index in [0.29, 0.717) is 12.3 Å². The number of carbonyl (C=O) groups is 1. The zero-order valence-corrected chi connectivity index (χ0v) is 16.5. The van der Waals surface area contributed by atoms with E-state index in [1.165, 1.54) is 17.0 Å². The van der Waals surface area contributed by atoms with Crippen LogP contribution < -0.4 is 15.4 Å².